The molecule has 5 heteroatoms. The lowest BCUT2D eigenvalue weighted by atomic mass is 10.4. The van der Waals surface area contributed by atoms with E-state index in [1.54, 1.807) is 11.8 Å². The third kappa shape index (κ3) is 1.80. The summed E-state index contributed by atoms with van der Waals surface area (Å²) in [6, 6.07) is 0.344. The maximum absolute atomic E-state index is 5.71. The van der Waals surface area contributed by atoms with Gasteiger partial charge >= 0.3 is 0 Å². The van der Waals surface area contributed by atoms with Gasteiger partial charge in [-0.05, 0) is 26.7 Å². The zero-order chi connectivity index (χ0) is 9.42. The van der Waals surface area contributed by atoms with Crippen molar-refractivity contribution >= 4 is 17.7 Å². The first-order valence-electron chi connectivity index (χ1n) is 4.55. The number of nitrogen functional groups attached to an aromatic ring is 1. The first-order chi connectivity index (χ1) is 6.18. The first kappa shape index (κ1) is 8.87. The summed E-state index contributed by atoms with van der Waals surface area (Å²) in [5, 5.41) is 9.68. The summed E-state index contributed by atoms with van der Waals surface area (Å²) in [5.74, 6) is 0.526. The van der Waals surface area contributed by atoms with Gasteiger partial charge in [0.25, 0.3) is 0 Å². The highest BCUT2D eigenvalue weighted by Crippen LogP contribution is 2.39. The van der Waals surface area contributed by atoms with E-state index in [9.17, 15) is 0 Å². The van der Waals surface area contributed by atoms with E-state index >= 15 is 0 Å². The number of nitrogens with zero attached hydrogens (tertiary/aromatic N) is 3. The summed E-state index contributed by atoms with van der Waals surface area (Å²) < 4.78 is 1.99. The second-order valence-electron chi connectivity index (χ2n) is 3.62. The third-order valence-electron chi connectivity index (χ3n) is 2.00. The van der Waals surface area contributed by atoms with Crippen LogP contribution in [0.5, 0.6) is 0 Å². The zero-order valence-electron chi connectivity index (χ0n) is 7.90. The molecule has 1 aliphatic rings. The fourth-order valence-electron chi connectivity index (χ4n) is 1.19. The SMILES string of the molecule is CC(C)n1c(N)nnc1SC1CC1. The van der Waals surface area contributed by atoms with Crippen LogP contribution in [-0.2, 0) is 0 Å². The molecule has 2 rings (SSSR count). The van der Waals surface area contributed by atoms with Crippen molar-refractivity contribution in [2.45, 2.75) is 43.1 Å². The van der Waals surface area contributed by atoms with Crippen LogP contribution in [0.2, 0.25) is 0 Å². The Bertz CT molecular complexity index is 303. The van der Waals surface area contributed by atoms with Gasteiger partial charge in [-0.15, -0.1) is 10.2 Å². The van der Waals surface area contributed by atoms with Crippen molar-refractivity contribution in [1.29, 1.82) is 0 Å². The summed E-state index contributed by atoms with van der Waals surface area (Å²) in [6.07, 6.45) is 2.60. The molecule has 1 saturated carbocycles. The van der Waals surface area contributed by atoms with Crippen LogP contribution < -0.4 is 5.73 Å². The molecular formula is C8H14N4S. The molecule has 0 aliphatic heterocycles. The molecule has 4 nitrogen and oxygen atoms in total. The highest BCUT2D eigenvalue weighted by molar-refractivity contribution is 8.00. The van der Waals surface area contributed by atoms with Gasteiger partial charge in [0.15, 0.2) is 5.16 Å². The highest BCUT2D eigenvalue weighted by atomic mass is 32.2. The standard InChI is InChI=1S/C8H14N4S/c1-5(2)12-7(9)10-11-8(12)13-6-3-4-6/h5-6H,3-4H2,1-2H3,(H2,9,10). The first-order valence-corrected chi connectivity index (χ1v) is 5.43. The van der Waals surface area contributed by atoms with Gasteiger partial charge in [-0.1, -0.05) is 11.8 Å². The number of nitrogens with two attached hydrogens (primary N) is 1. The Kier molecular flexibility index (Phi) is 2.19. The average Bonchev–Trinajstić information content (AvgIpc) is 2.76. The lowest BCUT2D eigenvalue weighted by Crippen LogP contribution is -2.07. The fraction of sp³-hybridized carbons (Fsp3) is 0.750. The zero-order valence-corrected chi connectivity index (χ0v) is 8.71. The topological polar surface area (TPSA) is 56.7 Å². The van der Waals surface area contributed by atoms with E-state index in [1.165, 1.54) is 12.8 Å². The molecular weight excluding hydrogens is 184 g/mol. The smallest absolute Gasteiger partial charge is 0.222 e. The molecule has 2 N–H and O–H groups in total. The van der Waals surface area contributed by atoms with Crippen molar-refractivity contribution in [1.82, 2.24) is 14.8 Å². The Morgan fingerprint density at radius 2 is 2.15 bits per heavy atom. The maximum atomic E-state index is 5.71. The van der Waals surface area contributed by atoms with Crippen molar-refractivity contribution in [3.05, 3.63) is 0 Å². The lowest BCUT2D eigenvalue weighted by molar-refractivity contribution is 0.557. The van der Waals surface area contributed by atoms with Crippen molar-refractivity contribution in [3.8, 4) is 0 Å². The molecule has 0 unspecified atom stereocenters. The Hall–Kier alpha value is -0.710. The second-order valence-corrected chi connectivity index (χ2v) is 4.89. The average molecular weight is 198 g/mol. The van der Waals surface area contributed by atoms with Crippen molar-refractivity contribution in [2.75, 3.05) is 5.73 Å². The Balaban J connectivity index is 2.22. The molecule has 13 heavy (non-hydrogen) atoms. The van der Waals surface area contributed by atoms with Crippen LogP contribution in [0.25, 0.3) is 0 Å². The predicted octanol–water partition coefficient (Wildman–Crippen LogP) is 1.70. The number of thioether (sulfide) groups is 1. The van der Waals surface area contributed by atoms with Crippen molar-refractivity contribution < 1.29 is 0 Å². The van der Waals surface area contributed by atoms with E-state index < -0.39 is 0 Å². The van der Waals surface area contributed by atoms with Crippen molar-refractivity contribution in [2.24, 2.45) is 0 Å². The molecule has 0 saturated heterocycles. The summed E-state index contributed by atoms with van der Waals surface area (Å²) in [5.41, 5.74) is 5.71. The Morgan fingerprint density at radius 3 is 2.69 bits per heavy atom. The summed E-state index contributed by atoms with van der Waals surface area (Å²) in [6.45, 7) is 4.19. The van der Waals surface area contributed by atoms with Crippen LogP contribution in [0, 0.1) is 0 Å². The van der Waals surface area contributed by atoms with E-state index in [1.807, 2.05) is 4.57 Å². The Labute approximate surface area is 81.9 Å². The molecule has 1 heterocycles. The van der Waals surface area contributed by atoms with Gasteiger partial charge in [-0.25, -0.2) is 0 Å². The van der Waals surface area contributed by atoms with Gasteiger partial charge in [0.05, 0.1) is 0 Å². The van der Waals surface area contributed by atoms with Crippen molar-refractivity contribution in [3.63, 3.8) is 0 Å². The second kappa shape index (κ2) is 3.21. The molecule has 0 bridgehead atoms. The van der Waals surface area contributed by atoms with Gasteiger partial charge in [0.2, 0.25) is 5.95 Å². The quantitative estimate of drug-likeness (QED) is 0.803. The number of anilines is 1. The monoisotopic (exact) mass is 198 g/mol. The molecule has 1 aromatic heterocycles. The molecule has 1 aromatic rings. The number of hydrogen-bond acceptors (Lipinski definition) is 4. The van der Waals surface area contributed by atoms with Crippen LogP contribution in [0.3, 0.4) is 0 Å². The normalized spacial score (nSPS) is 16.8. The number of rotatable bonds is 3. The minimum atomic E-state index is 0.344. The summed E-state index contributed by atoms with van der Waals surface area (Å²) in [7, 11) is 0. The molecule has 0 atom stereocenters. The van der Waals surface area contributed by atoms with Crippen LogP contribution in [0.4, 0.5) is 5.95 Å². The number of aromatic nitrogens is 3. The van der Waals surface area contributed by atoms with E-state index in [0.717, 1.165) is 10.4 Å². The Morgan fingerprint density at radius 1 is 1.46 bits per heavy atom. The minimum Gasteiger partial charge on any atom is -0.368 e. The number of hydrogen-bond donors (Lipinski definition) is 1. The van der Waals surface area contributed by atoms with Gasteiger partial charge in [0.1, 0.15) is 0 Å². The largest absolute Gasteiger partial charge is 0.368 e. The van der Waals surface area contributed by atoms with Crippen LogP contribution in [0.15, 0.2) is 5.16 Å². The molecule has 1 fully saturated rings. The van der Waals surface area contributed by atoms with Crippen LogP contribution in [-0.4, -0.2) is 20.0 Å². The van der Waals surface area contributed by atoms with E-state index in [2.05, 4.69) is 24.0 Å². The van der Waals surface area contributed by atoms with Crippen LogP contribution in [0.1, 0.15) is 32.7 Å². The molecule has 0 radical (unpaired) electrons. The van der Waals surface area contributed by atoms with E-state index in [0.29, 0.717) is 12.0 Å². The predicted molar refractivity (Wildman–Crippen MR) is 53.7 cm³/mol. The van der Waals surface area contributed by atoms with Gasteiger partial charge in [-0.2, -0.15) is 0 Å². The minimum absolute atomic E-state index is 0.344. The van der Waals surface area contributed by atoms with E-state index in [-0.39, 0.29) is 0 Å². The summed E-state index contributed by atoms with van der Waals surface area (Å²) in [4.78, 5) is 0. The fourth-order valence-corrected chi connectivity index (χ4v) is 2.36. The lowest BCUT2D eigenvalue weighted by Gasteiger charge is -2.10. The molecule has 0 aromatic carbocycles. The highest BCUT2D eigenvalue weighted by Gasteiger charge is 2.26. The molecule has 1 aliphatic carbocycles. The molecule has 0 amide bonds. The van der Waals surface area contributed by atoms with Gasteiger partial charge in [-0.3, -0.25) is 4.57 Å². The molecule has 72 valence electrons. The summed E-state index contributed by atoms with van der Waals surface area (Å²) >= 11 is 1.79. The third-order valence-corrected chi connectivity index (χ3v) is 3.30. The maximum Gasteiger partial charge on any atom is 0.222 e. The van der Waals surface area contributed by atoms with Gasteiger partial charge < -0.3 is 5.73 Å². The van der Waals surface area contributed by atoms with Gasteiger partial charge in [0, 0.05) is 11.3 Å². The van der Waals surface area contributed by atoms with Crippen LogP contribution >= 0.6 is 11.8 Å². The van der Waals surface area contributed by atoms with E-state index in [4.69, 9.17) is 5.73 Å². The molecule has 0 spiro atoms.